The Morgan fingerprint density at radius 1 is 1.27 bits per heavy atom. The summed E-state index contributed by atoms with van der Waals surface area (Å²) in [6.45, 7) is 4.49. The van der Waals surface area contributed by atoms with E-state index in [1.54, 1.807) is 18.2 Å². The number of rotatable bonds is 5. The van der Waals surface area contributed by atoms with Gasteiger partial charge in [0.05, 0.1) is 16.6 Å². The maximum Gasteiger partial charge on any atom is 0.321 e. The molecule has 8 heteroatoms. The summed E-state index contributed by atoms with van der Waals surface area (Å²) < 4.78 is 0. The molecule has 142 valence electrons. The standard InChI is InChI=1S/C18H24ClN3O4/c1-3-4-16(23)20-13-5-6-14(19)15(8-13)21-18(26)22-9-11(2)7-12(10-22)17(24)25/h5-6,8,11-12H,3-4,7,9-10H2,1-2H3,(H,20,23)(H,21,26)(H,24,25). The van der Waals surface area contributed by atoms with Gasteiger partial charge >= 0.3 is 12.0 Å². The molecule has 1 fully saturated rings. The number of carbonyl (C=O) groups is 3. The van der Waals surface area contributed by atoms with Gasteiger partial charge in [-0.2, -0.15) is 0 Å². The average Bonchev–Trinajstić information content (AvgIpc) is 2.57. The summed E-state index contributed by atoms with van der Waals surface area (Å²) in [5.41, 5.74) is 0.912. The predicted molar refractivity (Wildman–Crippen MR) is 100 cm³/mol. The van der Waals surface area contributed by atoms with Gasteiger partial charge in [-0.3, -0.25) is 9.59 Å². The molecule has 1 heterocycles. The number of nitrogens with zero attached hydrogens (tertiary/aromatic N) is 1. The molecule has 1 saturated heterocycles. The van der Waals surface area contributed by atoms with Gasteiger partial charge in [0.25, 0.3) is 0 Å². The van der Waals surface area contributed by atoms with E-state index in [2.05, 4.69) is 10.6 Å². The molecule has 0 saturated carbocycles. The van der Waals surface area contributed by atoms with Crippen molar-refractivity contribution in [2.45, 2.75) is 33.1 Å². The first kappa shape index (κ1) is 20.0. The van der Waals surface area contributed by atoms with Crippen LogP contribution in [0.15, 0.2) is 18.2 Å². The zero-order chi connectivity index (χ0) is 19.3. The number of carboxylic acid groups (broad SMARTS) is 1. The van der Waals surface area contributed by atoms with Crippen LogP contribution in [0.3, 0.4) is 0 Å². The van der Waals surface area contributed by atoms with Crippen LogP contribution in [0.5, 0.6) is 0 Å². The molecule has 0 radical (unpaired) electrons. The topological polar surface area (TPSA) is 98.7 Å². The molecule has 3 N–H and O–H groups in total. The summed E-state index contributed by atoms with van der Waals surface area (Å²) in [5.74, 6) is -1.47. The van der Waals surface area contributed by atoms with Crippen molar-refractivity contribution in [1.29, 1.82) is 0 Å². The van der Waals surface area contributed by atoms with Crippen LogP contribution in [0.25, 0.3) is 0 Å². The van der Waals surface area contributed by atoms with E-state index < -0.39 is 17.9 Å². The van der Waals surface area contributed by atoms with Gasteiger partial charge in [-0.05, 0) is 37.0 Å². The number of benzene rings is 1. The van der Waals surface area contributed by atoms with Crippen molar-refractivity contribution in [2.24, 2.45) is 11.8 Å². The zero-order valence-electron chi connectivity index (χ0n) is 14.9. The highest BCUT2D eigenvalue weighted by atomic mass is 35.5. The largest absolute Gasteiger partial charge is 0.481 e. The minimum absolute atomic E-state index is 0.103. The third-order valence-electron chi connectivity index (χ3n) is 4.26. The number of halogens is 1. The van der Waals surface area contributed by atoms with Crippen molar-refractivity contribution < 1.29 is 19.5 Å². The second-order valence-electron chi connectivity index (χ2n) is 6.70. The summed E-state index contributed by atoms with van der Waals surface area (Å²) in [6, 6.07) is 4.45. The lowest BCUT2D eigenvalue weighted by atomic mass is 9.91. The van der Waals surface area contributed by atoms with Crippen LogP contribution < -0.4 is 10.6 Å². The van der Waals surface area contributed by atoms with Crippen LogP contribution in [0, 0.1) is 11.8 Å². The maximum absolute atomic E-state index is 12.5. The van der Waals surface area contributed by atoms with Crippen molar-refractivity contribution >= 4 is 40.9 Å². The fourth-order valence-corrected chi connectivity index (χ4v) is 3.20. The number of likely N-dealkylation sites (tertiary alicyclic amines) is 1. The highest BCUT2D eigenvalue weighted by Gasteiger charge is 2.32. The number of nitrogens with one attached hydrogen (secondary N) is 2. The van der Waals surface area contributed by atoms with Crippen LogP contribution in [-0.2, 0) is 9.59 Å². The molecular weight excluding hydrogens is 358 g/mol. The van der Waals surface area contributed by atoms with E-state index in [4.69, 9.17) is 11.6 Å². The Morgan fingerprint density at radius 3 is 2.65 bits per heavy atom. The van der Waals surface area contributed by atoms with Crippen molar-refractivity contribution in [1.82, 2.24) is 4.90 Å². The quantitative estimate of drug-likeness (QED) is 0.724. The molecule has 3 amide bonds. The molecule has 0 bridgehead atoms. The monoisotopic (exact) mass is 381 g/mol. The predicted octanol–water partition coefficient (Wildman–Crippen LogP) is 3.65. The number of hydrogen-bond acceptors (Lipinski definition) is 3. The fourth-order valence-electron chi connectivity index (χ4n) is 3.04. The Labute approximate surface area is 157 Å². The number of anilines is 2. The Bertz CT molecular complexity index is 695. The Balaban J connectivity index is 2.08. The second-order valence-corrected chi connectivity index (χ2v) is 7.11. The van der Waals surface area contributed by atoms with Gasteiger partial charge in [0, 0.05) is 25.2 Å². The van der Waals surface area contributed by atoms with Crippen LogP contribution in [0.2, 0.25) is 5.02 Å². The molecule has 2 unspecified atom stereocenters. The van der Waals surface area contributed by atoms with Crippen LogP contribution in [0.4, 0.5) is 16.2 Å². The molecule has 1 aromatic rings. The van der Waals surface area contributed by atoms with Gasteiger partial charge in [-0.1, -0.05) is 25.4 Å². The third-order valence-corrected chi connectivity index (χ3v) is 4.59. The van der Waals surface area contributed by atoms with Gasteiger partial charge in [-0.15, -0.1) is 0 Å². The lowest BCUT2D eigenvalue weighted by Crippen LogP contribution is -2.47. The molecule has 7 nitrogen and oxygen atoms in total. The summed E-state index contributed by atoms with van der Waals surface area (Å²) in [4.78, 5) is 37.0. The molecule has 0 aromatic heterocycles. The molecule has 2 rings (SSSR count). The molecule has 0 aliphatic carbocycles. The van der Waals surface area contributed by atoms with Gasteiger partial charge in [0.15, 0.2) is 0 Å². The fraction of sp³-hybridized carbons (Fsp3) is 0.500. The molecule has 0 spiro atoms. The number of piperidine rings is 1. The van der Waals surface area contributed by atoms with Crippen LogP contribution in [0.1, 0.15) is 33.1 Å². The van der Waals surface area contributed by atoms with Gasteiger partial charge in [0.1, 0.15) is 0 Å². The minimum atomic E-state index is -0.895. The first-order valence-corrected chi connectivity index (χ1v) is 9.06. The molecule has 2 atom stereocenters. The second kappa shape index (κ2) is 8.89. The molecule has 1 aliphatic rings. The van der Waals surface area contributed by atoms with E-state index in [-0.39, 0.29) is 18.4 Å². The normalized spacial score (nSPS) is 19.7. The van der Waals surface area contributed by atoms with E-state index in [0.29, 0.717) is 35.8 Å². The Kier molecular flexibility index (Phi) is 6.85. The summed E-state index contributed by atoms with van der Waals surface area (Å²) >= 11 is 6.14. The molecule has 1 aliphatic heterocycles. The van der Waals surface area contributed by atoms with E-state index >= 15 is 0 Å². The summed E-state index contributed by atoms with van der Waals surface area (Å²) in [5, 5.41) is 15.0. The number of carboxylic acids is 1. The lowest BCUT2D eigenvalue weighted by Gasteiger charge is -2.34. The lowest BCUT2D eigenvalue weighted by molar-refractivity contribution is -0.143. The minimum Gasteiger partial charge on any atom is -0.481 e. The first-order chi connectivity index (χ1) is 12.3. The summed E-state index contributed by atoms with van der Waals surface area (Å²) in [7, 11) is 0. The average molecular weight is 382 g/mol. The van der Waals surface area contributed by atoms with Crippen molar-refractivity contribution in [3.63, 3.8) is 0 Å². The number of hydrogen-bond donors (Lipinski definition) is 3. The smallest absolute Gasteiger partial charge is 0.321 e. The van der Waals surface area contributed by atoms with Gasteiger partial charge in [0.2, 0.25) is 5.91 Å². The first-order valence-electron chi connectivity index (χ1n) is 8.68. The van der Waals surface area contributed by atoms with Crippen molar-refractivity contribution in [3.8, 4) is 0 Å². The molecular formula is C18H24ClN3O4. The van der Waals surface area contributed by atoms with Crippen LogP contribution in [-0.4, -0.2) is 41.0 Å². The highest BCUT2D eigenvalue weighted by Crippen LogP contribution is 2.27. The molecule has 26 heavy (non-hydrogen) atoms. The zero-order valence-corrected chi connectivity index (χ0v) is 15.7. The van der Waals surface area contributed by atoms with E-state index in [9.17, 15) is 19.5 Å². The summed E-state index contributed by atoms with van der Waals surface area (Å²) in [6.07, 6.45) is 1.70. The number of urea groups is 1. The third kappa shape index (κ3) is 5.36. The van der Waals surface area contributed by atoms with Crippen molar-refractivity contribution in [2.75, 3.05) is 23.7 Å². The van der Waals surface area contributed by atoms with Crippen LogP contribution >= 0.6 is 11.6 Å². The van der Waals surface area contributed by atoms with E-state index in [0.717, 1.165) is 6.42 Å². The van der Waals surface area contributed by atoms with Gasteiger partial charge < -0.3 is 20.6 Å². The van der Waals surface area contributed by atoms with Crippen molar-refractivity contribution in [3.05, 3.63) is 23.2 Å². The van der Waals surface area contributed by atoms with Gasteiger partial charge in [-0.25, -0.2) is 4.79 Å². The maximum atomic E-state index is 12.5. The van der Waals surface area contributed by atoms with E-state index in [1.165, 1.54) is 4.90 Å². The van der Waals surface area contributed by atoms with E-state index in [1.807, 2.05) is 13.8 Å². The Hall–Kier alpha value is -2.28. The number of carbonyl (C=O) groups excluding carboxylic acids is 2. The Morgan fingerprint density at radius 2 is 2.00 bits per heavy atom. The number of amides is 3. The SMILES string of the molecule is CCCC(=O)Nc1ccc(Cl)c(NC(=O)N2CC(C)CC(C(=O)O)C2)c1. The molecule has 1 aromatic carbocycles. The number of aliphatic carboxylic acids is 1. The highest BCUT2D eigenvalue weighted by molar-refractivity contribution is 6.33.